The van der Waals surface area contributed by atoms with Gasteiger partial charge in [0, 0.05) is 17.9 Å². The first-order chi connectivity index (χ1) is 11.2. The number of nitrogens with one attached hydrogen (secondary N) is 1. The minimum Gasteiger partial charge on any atom is -0.374 e. The number of benzene rings is 2. The molecule has 0 spiro atoms. The number of carbonyl (C=O) groups excluding carboxylic acids is 1. The Bertz CT molecular complexity index is 678. The third kappa shape index (κ3) is 3.39. The molecular formula is C20H24N2O. The Hall–Kier alpha value is -2.29. The Balaban J connectivity index is 1.66. The second-order valence-corrected chi connectivity index (χ2v) is 6.18. The molecule has 0 aromatic heterocycles. The van der Waals surface area contributed by atoms with E-state index in [9.17, 15) is 4.79 Å². The van der Waals surface area contributed by atoms with Crippen LogP contribution in [0.5, 0.6) is 0 Å². The molecule has 0 radical (unpaired) electrons. The minimum absolute atomic E-state index is 0.132. The third-order valence-electron chi connectivity index (χ3n) is 4.40. The van der Waals surface area contributed by atoms with Gasteiger partial charge in [-0.15, -0.1) is 0 Å². The number of rotatable bonds is 5. The number of amides is 1. The first kappa shape index (κ1) is 15.6. The van der Waals surface area contributed by atoms with E-state index in [0.29, 0.717) is 0 Å². The number of aryl methyl sites for hydroxylation is 1. The molecule has 3 heteroatoms. The van der Waals surface area contributed by atoms with Gasteiger partial charge < -0.3 is 10.2 Å². The molecule has 3 nitrogen and oxygen atoms in total. The van der Waals surface area contributed by atoms with E-state index in [2.05, 4.69) is 42.6 Å². The highest BCUT2D eigenvalue weighted by Gasteiger charge is 2.27. The van der Waals surface area contributed by atoms with Crippen molar-refractivity contribution in [3.8, 4) is 0 Å². The van der Waals surface area contributed by atoms with Crippen molar-refractivity contribution in [2.75, 3.05) is 16.8 Å². The molecule has 0 aliphatic carbocycles. The lowest BCUT2D eigenvalue weighted by Crippen LogP contribution is -2.40. The van der Waals surface area contributed by atoms with Gasteiger partial charge in [-0.1, -0.05) is 43.7 Å². The Labute approximate surface area is 138 Å². The quantitative estimate of drug-likeness (QED) is 0.904. The molecule has 0 fully saturated rings. The lowest BCUT2D eigenvalue weighted by atomic mass is 10.1. The van der Waals surface area contributed by atoms with Crippen LogP contribution in [0.25, 0.3) is 0 Å². The van der Waals surface area contributed by atoms with Crippen LogP contribution in [0, 0.1) is 0 Å². The molecule has 3 rings (SSSR count). The highest BCUT2D eigenvalue weighted by Crippen LogP contribution is 2.28. The lowest BCUT2D eigenvalue weighted by molar-refractivity contribution is -0.118. The molecule has 0 saturated carbocycles. The van der Waals surface area contributed by atoms with Crippen molar-refractivity contribution in [1.82, 2.24) is 0 Å². The van der Waals surface area contributed by atoms with Crippen molar-refractivity contribution >= 4 is 17.3 Å². The predicted molar refractivity (Wildman–Crippen MR) is 96.0 cm³/mol. The number of para-hydroxylation sites is 1. The highest BCUT2D eigenvalue weighted by molar-refractivity contribution is 6.00. The van der Waals surface area contributed by atoms with Crippen molar-refractivity contribution in [2.45, 2.75) is 39.2 Å². The molecule has 1 heterocycles. The predicted octanol–water partition coefficient (Wildman–Crippen LogP) is 4.03. The Kier molecular flexibility index (Phi) is 4.65. The molecular weight excluding hydrogens is 284 g/mol. The fourth-order valence-electron chi connectivity index (χ4n) is 3.17. The van der Waals surface area contributed by atoms with Gasteiger partial charge in [0.05, 0.1) is 0 Å². The molecule has 120 valence electrons. The van der Waals surface area contributed by atoms with Crippen LogP contribution in [0.3, 0.4) is 0 Å². The summed E-state index contributed by atoms with van der Waals surface area (Å²) >= 11 is 0. The van der Waals surface area contributed by atoms with Gasteiger partial charge in [-0.05, 0) is 49.1 Å². The van der Waals surface area contributed by atoms with E-state index in [4.69, 9.17) is 0 Å². The minimum atomic E-state index is -0.238. The topological polar surface area (TPSA) is 32.3 Å². The molecule has 2 aromatic rings. The molecule has 0 bridgehead atoms. The molecule has 1 aliphatic heterocycles. The van der Waals surface area contributed by atoms with Crippen molar-refractivity contribution in [3.05, 3.63) is 59.7 Å². The van der Waals surface area contributed by atoms with Crippen molar-refractivity contribution in [3.63, 3.8) is 0 Å². The zero-order valence-corrected chi connectivity index (χ0v) is 13.9. The van der Waals surface area contributed by atoms with Gasteiger partial charge in [-0.2, -0.15) is 0 Å². The maximum absolute atomic E-state index is 12.7. The standard InChI is InChI=1S/C20H24N2O/c1-3-6-16-9-11-18(12-10-16)21-15(2)20(23)22-14-13-17-7-4-5-8-19(17)22/h4-5,7-12,15,21H,3,6,13-14H2,1-2H3. The largest absolute Gasteiger partial charge is 0.374 e. The number of fused-ring (bicyclic) bond motifs is 1. The van der Waals surface area contributed by atoms with Crippen LogP contribution in [-0.2, 0) is 17.6 Å². The highest BCUT2D eigenvalue weighted by atomic mass is 16.2. The van der Waals surface area contributed by atoms with E-state index in [1.807, 2.05) is 30.0 Å². The number of carbonyl (C=O) groups is 1. The zero-order chi connectivity index (χ0) is 16.2. The van der Waals surface area contributed by atoms with Gasteiger partial charge in [0.25, 0.3) is 0 Å². The molecule has 2 aromatic carbocycles. The molecule has 1 atom stereocenters. The summed E-state index contributed by atoms with van der Waals surface area (Å²) in [5.41, 5.74) is 4.66. The maximum Gasteiger partial charge on any atom is 0.249 e. The van der Waals surface area contributed by atoms with E-state index >= 15 is 0 Å². The normalized spacial score (nSPS) is 14.4. The van der Waals surface area contributed by atoms with Gasteiger partial charge >= 0.3 is 0 Å². The van der Waals surface area contributed by atoms with Crippen LogP contribution in [-0.4, -0.2) is 18.5 Å². The summed E-state index contributed by atoms with van der Waals surface area (Å²) in [6, 6.07) is 16.3. The smallest absolute Gasteiger partial charge is 0.249 e. The number of hydrogen-bond donors (Lipinski definition) is 1. The van der Waals surface area contributed by atoms with Crippen LogP contribution in [0.4, 0.5) is 11.4 Å². The van der Waals surface area contributed by atoms with Gasteiger partial charge in [-0.25, -0.2) is 0 Å². The van der Waals surface area contributed by atoms with Gasteiger partial charge in [0.15, 0.2) is 0 Å². The van der Waals surface area contributed by atoms with Crippen molar-refractivity contribution in [2.24, 2.45) is 0 Å². The Morgan fingerprint density at radius 1 is 1.17 bits per heavy atom. The Morgan fingerprint density at radius 2 is 1.91 bits per heavy atom. The average molecular weight is 308 g/mol. The monoisotopic (exact) mass is 308 g/mol. The molecule has 1 amide bonds. The van der Waals surface area contributed by atoms with Crippen LogP contribution in [0.2, 0.25) is 0 Å². The second-order valence-electron chi connectivity index (χ2n) is 6.18. The van der Waals surface area contributed by atoms with Crippen molar-refractivity contribution < 1.29 is 4.79 Å². The zero-order valence-electron chi connectivity index (χ0n) is 13.9. The van der Waals surface area contributed by atoms with E-state index < -0.39 is 0 Å². The van der Waals surface area contributed by atoms with E-state index in [0.717, 1.165) is 37.2 Å². The van der Waals surface area contributed by atoms with E-state index in [1.54, 1.807) is 0 Å². The summed E-state index contributed by atoms with van der Waals surface area (Å²) in [5, 5.41) is 3.33. The van der Waals surface area contributed by atoms with E-state index in [-0.39, 0.29) is 11.9 Å². The fraction of sp³-hybridized carbons (Fsp3) is 0.350. The summed E-state index contributed by atoms with van der Waals surface area (Å²) in [7, 11) is 0. The molecule has 23 heavy (non-hydrogen) atoms. The summed E-state index contributed by atoms with van der Waals surface area (Å²) in [5.74, 6) is 0.132. The van der Waals surface area contributed by atoms with Gasteiger partial charge in [0.1, 0.15) is 6.04 Å². The summed E-state index contributed by atoms with van der Waals surface area (Å²) in [6.45, 7) is 4.89. The molecule has 1 aliphatic rings. The summed E-state index contributed by atoms with van der Waals surface area (Å²) in [4.78, 5) is 14.6. The van der Waals surface area contributed by atoms with Crippen LogP contribution in [0.1, 0.15) is 31.4 Å². The Morgan fingerprint density at radius 3 is 2.65 bits per heavy atom. The lowest BCUT2D eigenvalue weighted by Gasteiger charge is -2.23. The molecule has 0 saturated heterocycles. The van der Waals surface area contributed by atoms with Gasteiger partial charge in [-0.3, -0.25) is 4.79 Å². The van der Waals surface area contributed by atoms with Crippen molar-refractivity contribution in [1.29, 1.82) is 0 Å². The average Bonchev–Trinajstić information content (AvgIpc) is 3.00. The van der Waals surface area contributed by atoms with Crippen LogP contribution < -0.4 is 10.2 Å². The maximum atomic E-state index is 12.7. The van der Waals surface area contributed by atoms with Crippen LogP contribution >= 0.6 is 0 Å². The first-order valence-corrected chi connectivity index (χ1v) is 8.44. The summed E-state index contributed by atoms with van der Waals surface area (Å²) in [6.07, 6.45) is 3.19. The number of nitrogens with zero attached hydrogens (tertiary/aromatic N) is 1. The molecule has 1 N–H and O–H groups in total. The van der Waals surface area contributed by atoms with Gasteiger partial charge in [0.2, 0.25) is 5.91 Å². The first-order valence-electron chi connectivity index (χ1n) is 8.44. The van der Waals surface area contributed by atoms with Crippen LogP contribution in [0.15, 0.2) is 48.5 Å². The second kappa shape index (κ2) is 6.86. The number of hydrogen-bond acceptors (Lipinski definition) is 2. The summed E-state index contributed by atoms with van der Waals surface area (Å²) < 4.78 is 0. The molecule has 1 unspecified atom stereocenters. The van der Waals surface area contributed by atoms with E-state index in [1.165, 1.54) is 11.1 Å². The SMILES string of the molecule is CCCc1ccc(NC(C)C(=O)N2CCc3ccccc32)cc1. The third-order valence-corrected chi connectivity index (χ3v) is 4.40. The number of anilines is 2. The fourth-order valence-corrected chi connectivity index (χ4v) is 3.17.